The third kappa shape index (κ3) is 2.66. The molecule has 0 bridgehead atoms. The molecule has 1 N–H and O–H groups in total. The van der Waals surface area contributed by atoms with Crippen molar-refractivity contribution in [3.05, 3.63) is 52.4 Å². The van der Waals surface area contributed by atoms with Crippen molar-refractivity contribution in [3.8, 4) is 6.07 Å². The smallest absolute Gasteiger partial charge is 0.126 e. The summed E-state index contributed by atoms with van der Waals surface area (Å²) in [6.45, 7) is 3.90. The fourth-order valence-electron chi connectivity index (χ4n) is 1.69. The maximum Gasteiger partial charge on any atom is 0.126 e. The molecular weight excluding hydrogens is 248 g/mol. The topological polar surface area (TPSA) is 49.0 Å². The van der Waals surface area contributed by atoms with Crippen molar-refractivity contribution in [3.63, 3.8) is 0 Å². The zero-order valence-electron chi connectivity index (χ0n) is 10.2. The van der Waals surface area contributed by atoms with Crippen LogP contribution in [-0.4, -0.2) is 0 Å². The third-order valence-electron chi connectivity index (χ3n) is 2.66. The molecule has 0 aliphatic rings. The number of halogens is 1. The molecule has 18 heavy (non-hydrogen) atoms. The van der Waals surface area contributed by atoms with E-state index in [0.29, 0.717) is 10.6 Å². The van der Waals surface area contributed by atoms with Crippen LogP contribution in [-0.2, 0) is 0 Å². The van der Waals surface area contributed by atoms with E-state index < -0.39 is 0 Å². The van der Waals surface area contributed by atoms with Crippen LogP contribution < -0.4 is 5.32 Å². The van der Waals surface area contributed by atoms with Gasteiger partial charge < -0.3 is 9.73 Å². The van der Waals surface area contributed by atoms with Gasteiger partial charge >= 0.3 is 0 Å². The van der Waals surface area contributed by atoms with Crippen molar-refractivity contribution < 1.29 is 4.42 Å². The zero-order valence-corrected chi connectivity index (χ0v) is 11.0. The first-order valence-electron chi connectivity index (χ1n) is 5.62. The van der Waals surface area contributed by atoms with Crippen LogP contribution in [0.3, 0.4) is 0 Å². The number of furan rings is 1. The summed E-state index contributed by atoms with van der Waals surface area (Å²) in [5.74, 6) is 1.73. The van der Waals surface area contributed by atoms with Gasteiger partial charge in [0.2, 0.25) is 0 Å². The summed E-state index contributed by atoms with van der Waals surface area (Å²) in [6, 6.07) is 11.1. The van der Waals surface area contributed by atoms with Crippen LogP contribution in [0, 0.1) is 18.3 Å². The Labute approximate surface area is 111 Å². The Hall–Kier alpha value is -1.92. The lowest BCUT2D eigenvalue weighted by atomic mass is 10.2. The molecule has 0 saturated heterocycles. The fourth-order valence-corrected chi connectivity index (χ4v) is 1.93. The summed E-state index contributed by atoms with van der Waals surface area (Å²) in [5.41, 5.74) is 1.34. The molecule has 0 aliphatic carbocycles. The van der Waals surface area contributed by atoms with E-state index in [2.05, 4.69) is 11.4 Å². The first-order valence-corrected chi connectivity index (χ1v) is 6.00. The zero-order chi connectivity index (χ0) is 13.1. The van der Waals surface area contributed by atoms with Crippen molar-refractivity contribution in [1.82, 2.24) is 0 Å². The Bertz CT molecular complexity index is 598. The van der Waals surface area contributed by atoms with E-state index in [0.717, 1.165) is 17.2 Å². The molecule has 1 atom stereocenters. The van der Waals surface area contributed by atoms with E-state index in [1.165, 1.54) is 0 Å². The minimum absolute atomic E-state index is 0.0177. The number of nitrogens with zero attached hydrogens (tertiary/aromatic N) is 1. The minimum atomic E-state index is 0.0177. The van der Waals surface area contributed by atoms with Gasteiger partial charge in [0, 0.05) is 0 Å². The molecule has 1 aromatic carbocycles. The first kappa shape index (κ1) is 12.5. The summed E-state index contributed by atoms with van der Waals surface area (Å²) in [6.07, 6.45) is 0. The van der Waals surface area contributed by atoms with Crippen molar-refractivity contribution in [2.75, 3.05) is 5.32 Å². The highest BCUT2D eigenvalue weighted by atomic mass is 35.5. The van der Waals surface area contributed by atoms with Crippen LogP contribution in [0.4, 0.5) is 5.69 Å². The van der Waals surface area contributed by atoms with Gasteiger partial charge in [-0.25, -0.2) is 0 Å². The molecule has 0 radical (unpaired) electrons. The van der Waals surface area contributed by atoms with E-state index in [4.69, 9.17) is 21.3 Å². The Kier molecular flexibility index (Phi) is 3.59. The van der Waals surface area contributed by atoms with Gasteiger partial charge in [0.05, 0.1) is 28.4 Å². The van der Waals surface area contributed by atoms with Gasteiger partial charge in [-0.3, -0.25) is 0 Å². The van der Waals surface area contributed by atoms with Gasteiger partial charge in [-0.2, -0.15) is 5.26 Å². The average Bonchev–Trinajstić information content (AvgIpc) is 2.78. The third-order valence-corrected chi connectivity index (χ3v) is 2.97. The Morgan fingerprint density at radius 3 is 2.67 bits per heavy atom. The number of nitriles is 1. The summed E-state index contributed by atoms with van der Waals surface area (Å²) in [4.78, 5) is 0. The molecule has 1 heterocycles. The number of hydrogen-bond donors (Lipinski definition) is 1. The molecule has 0 aliphatic heterocycles. The molecule has 2 rings (SSSR count). The van der Waals surface area contributed by atoms with E-state index in [1.807, 2.05) is 26.0 Å². The van der Waals surface area contributed by atoms with E-state index in [9.17, 15) is 0 Å². The first-order chi connectivity index (χ1) is 8.60. The Morgan fingerprint density at radius 1 is 1.33 bits per heavy atom. The van der Waals surface area contributed by atoms with Crippen molar-refractivity contribution in [1.29, 1.82) is 5.26 Å². The number of anilines is 1. The minimum Gasteiger partial charge on any atom is -0.464 e. The maximum absolute atomic E-state index is 8.77. The Morgan fingerprint density at radius 2 is 2.11 bits per heavy atom. The quantitative estimate of drug-likeness (QED) is 0.896. The van der Waals surface area contributed by atoms with Gasteiger partial charge in [0.15, 0.2) is 0 Å². The van der Waals surface area contributed by atoms with Crippen molar-refractivity contribution >= 4 is 17.3 Å². The van der Waals surface area contributed by atoms with Gasteiger partial charge in [0.25, 0.3) is 0 Å². The molecule has 4 heteroatoms. The molecule has 92 valence electrons. The number of aryl methyl sites for hydroxylation is 1. The van der Waals surface area contributed by atoms with Gasteiger partial charge in [-0.05, 0) is 44.2 Å². The maximum atomic E-state index is 8.77. The van der Waals surface area contributed by atoms with E-state index in [1.54, 1.807) is 18.2 Å². The molecule has 0 amide bonds. The van der Waals surface area contributed by atoms with Crippen molar-refractivity contribution in [2.45, 2.75) is 19.9 Å². The van der Waals surface area contributed by atoms with Crippen LogP contribution >= 0.6 is 11.6 Å². The lowest BCUT2D eigenvalue weighted by molar-refractivity contribution is 0.467. The summed E-state index contributed by atoms with van der Waals surface area (Å²) in [5, 5.41) is 12.6. The fraction of sp³-hybridized carbons (Fsp3) is 0.214. The molecule has 3 nitrogen and oxygen atoms in total. The highest BCUT2D eigenvalue weighted by Gasteiger charge is 2.11. The molecular formula is C14H13ClN2O. The molecule has 1 aromatic heterocycles. The summed E-state index contributed by atoms with van der Waals surface area (Å²) >= 11 is 6.10. The summed E-state index contributed by atoms with van der Waals surface area (Å²) in [7, 11) is 0. The predicted molar refractivity (Wildman–Crippen MR) is 71.6 cm³/mol. The lowest BCUT2D eigenvalue weighted by Gasteiger charge is -2.14. The second kappa shape index (κ2) is 5.16. The molecule has 0 saturated carbocycles. The standard InChI is InChI=1S/C14H13ClN2O/c1-9-3-6-14(18-9)10(2)17-13-5-4-11(8-16)7-12(13)15/h3-7,10,17H,1-2H3. The second-order valence-corrected chi connectivity index (χ2v) is 4.53. The predicted octanol–water partition coefficient (Wildman–Crippen LogP) is 4.29. The molecule has 2 aromatic rings. The molecule has 0 spiro atoms. The lowest BCUT2D eigenvalue weighted by Crippen LogP contribution is -2.06. The number of benzene rings is 1. The van der Waals surface area contributed by atoms with Crippen LogP contribution in [0.1, 0.15) is 30.0 Å². The normalized spacial score (nSPS) is 11.9. The van der Waals surface area contributed by atoms with Crippen LogP contribution in [0.2, 0.25) is 5.02 Å². The van der Waals surface area contributed by atoms with Crippen LogP contribution in [0.5, 0.6) is 0 Å². The van der Waals surface area contributed by atoms with Gasteiger partial charge in [0.1, 0.15) is 11.5 Å². The SMILES string of the molecule is Cc1ccc(C(C)Nc2ccc(C#N)cc2Cl)o1. The molecule has 0 fully saturated rings. The summed E-state index contributed by atoms with van der Waals surface area (Å²) < 4.78 is 5.54. The van der Waals surface area contributed by atoms with Crippen LogP contribution in [0.15, 0.2) is 34.7 Å². The number of nitrogens with one attached hydrogen (secondary N) is 1. The largest absolute Gasteiger partial charge is 0.464 e. The Balaban J connectivity index is 2.17. The molecule has 1 unspecified atom stereocenters. The average molecular weight is 261 g/mol. The van der Waals surface area contributed by atoms with E-state index >= 15 is 0 Å². The monoisotopic (exact) mass is 260 g/mol. The van der Waals surface area contributed by atoms with Crippen LogP contribution in [0.25, 0.3) is 0 Å². The highest BCUT2D eigenvalue weighted by Crippen LogP contribution is 2.27. The van der Waals surface area contributed by atoms with Gasteiger partial charge in [-0.15, -0.1) is 0 Å². The number of hydrogen-bond acceptors (Lipinski definition) is 3. The van der Waals surface area contributed by atoms with Crippen molar-refractivity contribution in [2.24, 2.45) is 0 Å². The number of rotatable bonds is 3. The second-order valence-electron chi connectivity index (χ2n) is 4.12. The highest BCUT2D eigenvalue weighted by molar-refractivity contribution is 6.33. The van der Waals surface area contributed by atoms with Gasteiger partial charge in [-0.1, -0.05) is 11.6 Å². The van der Waals surface area contributed by atoms with E-state index in [-0.39, 0.29) is 6.04 Å².